The Balaban J connectivity index is 1.68. The van der Waals surface area contributed by atoms with Gasteiger partial charge in [0.05, 0.1) is 4.88 Å². The Kier molecular flexibility index (Phi) is 3.25. The molecule has 3 nitrogen and oxygen atoms in total. The van der Waals surface area contributed by atoms with Crippen LogP contribution in [0.3, 0.4) is 0 Å². The average Bonchev–Trinajstić information content (AvgIpc) is 3.00. The van der Waals surface area contributed by atoms with E-state index in [2.05, 4.69) is 27.0 Å². The number of piperidine rings is 1. The molecule has 2 aromatic heterocycles. The predicted molar refractivity (Wildman–Crippen MR) is 71.0 cm³/mol. The van der Waals surface area contributed by atoms with Gasteiger partial charge in [-0.25, -0.2) is 4.98 Å². The Hall–Kier alpha value is -1.13. The summed E-state index contributed by atoms with van der Waals surface area (Å²) in [5.41, 5.74) is 0. The molecule has 1 N–H and O–H groups in total. The molecule has 2 aromatic rings. The molecule has 4 heteroatoms. The van der Waals surface area contributed by atoms with E-state index in [9.17, 15) is 0 Å². The van der Waals surface area contributed by atoms with Crippen LogP contribution in [0.1, 0.15) is 24.1 Å². The highest BCUT2D eigenvalue weighted by Crippen LogP contribution is 2.26. The Labute approximate surface area is 106 Å². The number of hydrogen-bond acceptors (Lipinski definition) is 3. The summed E-state index contributed by atoms with van der Waals surface area (Å²) in [6, 6.07) is 4.40. The molecule has 0 radical (unpaired) electrons. The topological polar surface area (TPSA) is 31.9 Å². The number of nitrogens with one attached hydrogen (secondary N) is 1. The van der Waals surface area contributed by atoms with Crippen molar-refractivity contribution in [1.82, 2.24) is 14.9 Å². The molecule has 1 aliphatic rings. The van der Waals surface area contributed by atoms with Crippen molar-refractivity contribution in [2.75, 3.05) is 13.1 Å². The minimum atomic E-state index is 0.986. The Bertz CT molecular complexity index is 455. The summed E-state index contributed by atoms with van der Waals surface area (Å²) in [4.78, 5) is 12.7. The molecule has 0 bridgehead atoms. The van der Waals surface area contributed by atoms with Crippen molar-refractivity contribution in [2.24, 2.45) is 0 Å². The first-order valence-electron chi connectivity index (χ1n) is 6.22. The smallest absolute Gasteiger partial charge is 0.147 e. The van der Waals surface area contributed by atoms with Crippen LogP contribution in [-0.2, 0) is 6.54 Å². The summed E-state index contributed by atoms with van der Waals surface area (Å²) in [7, 11) is 0. The molecule has 0 aliphatic carbocycles. The van der Waals surface area contributed by atoms with Crippen molar-refractivity contribution in [3.8, 4) is 10.7 Å². The molecular weight excluding hydrogens is 230 g/mol. The third-order valence-corrected chi connectivity index (χ3v) is 4.30. The molecule has 90 valence electrons. The van der Waals surface area contributed by atoms with Crippen molar-refractivity contribution in [3.63, 3.8) is 0 Å². The van der Waals surface area contributed by atoms with Crippen molar-refractivity contribution in [1.29, 1.82) is 0 Å². The zero-order chi connectivity index (χ0) is 11.5. The Morgan fingerprint density at radius 1 is 1.24 bits per heavy atom. The van der Waals surface area contributed by atoms with E-state index in [0.717, 1.165) is 12.4 Å². The second-order valence-electron chi connectivity index (χ2n) is 4.54. The summed E-state index contributed by atoms with van der Waals surface area (Å²) in [6.07, 6.45) is 7.80. The first kappa shape index (κ1) is 11.0. The van der Waals surface area contributed by atoms with Gasteiger partial charge in [-0.15, -0.1) is 11.3 Å². The van der Waals surface area contributed by atoms with Crippen molar-refractivity contribution < 1.29 is 0 Å². The monoisotopic (exact) mass is 247 g/mol. The van der Waals surface area contributed by atoms with Gasteiger partial charge in [-0.1, -0.05) is 6.42 Å². The fourth-order valence-electron chi connectivity index (χ4n) is 2.33. The number of H-pyrrole nitrogens is 1. The van der Waals surface area contributed by atoms with Crippen LogP contribution in [0.2, 0.25) is 0 Å². The first-order chi connectivity index (χ1) is 8.42. The van der Waals surface area contributed by atoms with Crippen LogP contribution in [0.25, 0.3) is 10.7 Å². The number of imidazole rings is 1. The molecule has 3 heterocycles. The molecule has 0 saturated carbocycles. The third-order valence-electron chi connectivity index (χ3n) is 3.22. The molecule has 0 spiro atoms. The number of thiophene rings is 1. The maximum absolute atomic E-state index is 4.29. The lowest BCUT2D eigenvalue weighted by Gasteiger charge is -2.25. The molecule has 0 amide bonds. The minimum Gasteiger partial charge on any atom is -0.344 e. The van der Waals surface area contributed by atoms with Gasteiger partial charge >= 0.3 is 0 Å². The minimum absolute atomic E-state index is 0.986. The second kappa shape index (κ2) is 5.02. The van der Waals surface area contributed by atoms with Crippen molar-refractivity contribution in [3.05, 3.63) is 29.4 Å². The normalized spacial score (nSPS) is 17.4. The predicted octanol–water partition coefficient (Wildman–Crippen LogP) is 3.12. The van der Waals surface area contributed by atoms with E-state index in [-0.39, 0.29) is 0 Å². The molecule has 1 saturated heterocycles. The molecular formula is C13H17N3S. The van der Waals surface area contributed by atoms with Gasteiger partial charge in [-0.2, -0.15) is 0 Å². The van der Waals surface area contributed by atoms with Crippen LogP contribution in [0, 0.1) is 0 Å². The highest BCUT2D eigenvalue weighted by Gasteiger charge is 2.12. The van der Waals surface area contributed by atoms with E-state index in [1.54, 1.807) is 6.20 Å². The van der Waals surface area contributed by atoms with Gasteiger partial charge in [0.15, 0.2) is 0 Å². The summed E-state index contributed by atoms with van der Waals surface area (Å²) < 4.78 is 0. The lowest BCUT2D eigenvalue weighted by Crippen LogP contribution is -2.28. The second-order valence-corrected chi connectivity index (χ2v) is 5.71. The average molecular weight is 247 g/mol. The SMILES string of the molecule is c1c[nH]c(-c2ccc(CN3CCCCC3)s2)n1. The number of nitrogens with zero attached hydrogens (tertiary/aromatic N) is 2. The van der Waals surface area contributed by atoms with E-state index >= 15 is 0 Å². The van der Waals surface area contributed by atoms with Gasteiger partial charge in [0.1, 0.15) is 5.82 Å². The summed E-state index contributed by atoms with van der Waals surface area (Å²) in [6.45, 7) is 3.62. The molecule has 1 fully saturated rings. The van der Waals surface area contributed by atoms with Crippen molar-refractivity contribution in [2.45, 2.75) is 25.8 Å². The fraction of sp³-hybridized carbons (Fsp3) is 0.462. The van der Waals surface area contributed by atoms with Gasteiger partial charge in [0, 0.05) is 23.8 Å². The quantitative estimate of drug-likeness (QED) is 0.903. The van der Waals surface area contributed by atoms with E-state index < -0.39 is 0 Å². The van der Waals surface area contributed by atoms with Gasteiger partial charge < -0.3 is 4.98 Å². The highest BCUT2D eigenvalue weighted by molar-refractivity contribution is 7.15. The molecule has 0 aromatic carbocycles. The standard InChI is InChI=1S/C13H17N3S/c1-2-8-16(9-3-1)10-11-4-5-12(17-11)13-14-6-7-15-13/h4-7H,1-3,8-10H2,(H,14,15). The summed E-state index contributed by atoms with van der Waals surface area (Å²) in [5.74, 6) is 0.986. The van der Waals surface area contributed by atoms with Gasteiger partial charge in [0.2, 0.25) is 0 Å². The van der Waals surface area contributed by atoms with E-state index in [4.69, 9.17) is 0 Å². The number of rotatable bonds is 3. The molecule has 1 aliphatic heterocycles. The summed E-state index contributed by atoms with van der Waals surface area (Å²) in [5, 5.41) is 0. The van der Waals surface area contributed by atoms with Gasteiger partial charge in [0.25, 0.3) is 0 Å². The fourth-order valence-corrected chi connectivity index (χ4v) is 3.34. The van der Waals surface area contributed by atoms with Gasteiger partial charge in [-0.05, 0) is 38.1 Å². The van der Waals surface area contributed by atoms with Crippen LogP contribution in [0.5, 0.6) is 0 Å². The van der Waals surface area contributed by atoms with Crippen molar-refractivity contribution >= 4 is 11.3 Å². The third kappa shape index (κ3) is 2.58. The zero-order valence-electron chi connectivity index (χ0n) is 9.85. The largest absolute Gasteiger partial charge is 0.344 e. The lowest BCUT2D eigenvalue weighted by molar-refractivity contribution is 0.222. The van der Waals surface area contributed by atoms with E-state index in [1.165, 1.54) is 42.1 Å². The maximum atomic E-state index is 4.29. The summed E-state index contributed by atoms with van der Waals surface area (Å²) >= 11 is 1.85. The number of aromatic nitrogens is 2. The molecule has 0 unspecified atom stereocenters. The first-order valence-corrected chi connectivity index (χ1v) is 7.04. The lowest BCUT2D eigenvalue weighted by atomic mass is 10.1. The van der Waals surface area contributed by atoms with Crippen LogP contribution in [0.15, 0.2) is 24.5 Å². The highest BCUT2D eigenvalue weighted by atomic mass is 32.1. The van der Waals surface area contributed by atoms with Crippen LogP contribution in [-0.4, -0.2) is 28.0 Å². The molecule has 0 atom stereocenters. The maximum Gasteiger partial charge on any atom is 0.147 e. The Morgan fingerprint density at radius 2 is 2.12 bits per heavy atom. The van der Waals surface area contributed by atoms with Crippen LogP contribution >= 0.6 is 11.3 Å². The van der Waals surface area contributed by atoms with Crippen LogP contribution in [0.4, 0.5) is 0 Å². The molecule has 3 rings (SSSR count). The number of hydrogen-bond donors (Lipinski definition) is 1. The van der Waals surface area contributed by atoms with E-state index in [1.807, 2.05) is 17.5 Å². The number of aromatic amines is 1. The Morgan fingerprint density at radius 3 is 2.88 bits per heavy atom. The van der Waals surface area contributed by atoms with Crippen LogP contribution < -0.4 is 0 Å². The van der Waals surface area contributed by atoms with E-state index in [0.29, 0.717) is 0 Å². The van der Waals surface area contributed by atoms with Gasteiger partial charge in [-0.3, -0.25) is 4.90 Å². The molecule has 17 heavy (non-hydrogen) atoms. The number of likely N-dealkylation sites (tertiary alicyclic amines) is 1. The zero-order valence-corrected chi connectivity index (χ0v) is 10.7.